The van der Waals surface area contributed by atoms with E-state index in [0.717, 1.165) is 12.0 Å². The van der Waals surface area contributed by atoms with Crippen LogP contribution in [0.25, 0.3) is 0 Å². The maximum Gasteiger partial charge on any atom is 0.125 e. The average molecular weight is 200 g/mol. The van der Waals surface area contributed by atoms with Gasteiger partial charge in [-0.05, 0) is 24.5 Å². The van der Waals surface area contributed by atoms with Gasteiger partial charge in [0.2, 0.25) is 0 Å². The summed E-state index contributed by atoms with van der Waals surface area (Å²) >= 11 is 11.9. The number of rotatable bonds is 1. The molecule has 1 aromatic rings. The molecule has 0 bridgehead atoms. The van der Waals surface area contributed by atoms with Gasteiger partial charge in [0.05, 0.1) is 0 Å². The Morgan fingerprint density at radius 3 is 2.17 bits per heavy atom. The maximum atomic E-state index is 5.93. The summed E-state index contributed by atoms with van der Waals surface area (Å²) in [5.41, 5.74) is 2.24. The lowest BCUT2D eigenvalue weighted by Gasteiger charge is -2.00. The Labute approximate surface area is 82.5 Å². The van der Waals surface area contributed by atoms with Crippen molar-refractivity contribution in [2.45, 2.75) is 16.7 Å². The molecule has 1 fully saturated rings. The molecule has 0 amide bonds. The molecule has 1 aliphatic carbocycles. The van der Waals surface area contributed by atoms with Gasteiger partial charge in [-0.25, -0.2) is 0 Å². The Morgan fingerprint density at radius 1 is 1.25 bits per heavy atom. The minimum atomic E-state index is -0.511. The fraction of sp³-hybridized carbons (Fsp3) is 0.300. The van der Waals surface area contributed by atoms with Crippen LogP contribution in [-0.2, 0) is 0 Å². The summed E-state index contributed by atoms with van der Waals surface area (Å²) in [5, 5.41) is 0. The van der Waals surface area contributed by atoms with Crippen LogP contribution in [-0.4, -0.2) is 4.33 Å². The van der Waals surface area contributed by atoms with Crippen molar-refractivity contribution in [1.29, 1.82) is 0 Å². The first-order chi connectivity index (χ1) is 5.59. The fourth-order valence-electron chi connectivity index (χ4n) is 1.32. The highest BCUT2D eigenvalue weighted by atomic mass is 35.5. The van der Waals surface area contributed by atoms with Crippen LogP contribution in [0.5, 0.6) is 0 Å². The van der Waals surface area contributed by atoms with Crippen LogP contribution in [0.2, 0.25) is 0 Å². The lowest BCUT2D eigenvalue weighted by atomic mass is 10.1. The van der Waals surface area contributed by atoms with Gasteiger partial charge in [-0.15, -0.1) is 23.2 Å². The number of halogens is 2. The van der Waals surface area contributed by atoms with E-state index in [1.807, 2.05) is 24.3 Å². The Hall–Kier alpha value is -0.200. The van der Waals surface area contributed by atoms with E-state index in [4.69, 9.17) is 23.2 Å². The van der Waals surface area contributed by atoms with Crippen molar-refractivity contribution in [3.8, 4) is 0 Å². The summed E-state index contributed by atoms with van der Waals surface area (Å²) < 4.78 is -0.511. The van der Waals surface area contributed by atoms with Gasteiger partial charge in [0.15, 0.2) is 0 Å². The van der Waals surface area contributed by atoms with Gasteiger partial charge in [0.1, 0.15) is 4.33 Å². The van der Waals surface area contributed by atoms with E-state index in [2.05, 4.69) is 6.92 Å². The summed E-state index contributed by atoms with van der Waals surface area (Å²) in [6.07, 6.45) is 0.868. The Morgan fingerprint density at radius 2 is 1.75 bits per heavy atom. The first-order valence-electron chi connectivity index (χ1n) is 3.89. The van der Waals surface area contributed by atoms with Crippen molar-refractivity contribution in [2.75, 3.05) is 0 Å². The average Bonchev–Trinajstić information content (AvgIpc) is 2.61. The molecule has 12 heavy (non-hydrogen) atoms. The zero-order chi connectivity index (χ0) is 8.77. The zero-order valence-electron chi connectivity index (χ0n) is 6.56. The molecule has 0 heterocycles. The van der Waals surface area contributed by atoms with Gasteiger partial charge in [0.25, 0.3) is 0 Å². The molecule has 0 N–H and O–H groups in total. The SMILES string of the molecule is [CH2]c1ccc(C2CC2(Cl)Cl)cc1. The predicted molar refractivity (Wildman–Crippen MR) is 52.7 cm³/mol. The molecule has 1 aromatic carbocycles. The highest BCUT2D eigenvalue weighted by molar-refractivity contribution is 6.51. The number of benzene rings is 1. The third-order valence-electron chi connectivity index (χ3n) is 2.21. The van der Waals surface area contributed by atoms with Gasteiger partial charge < -0.3 is 0 Å². The Kier molecular flexibility index (Phi) is 1.85. The van der Waals surface area contributed by atoms with Gasteiger partial charge in [-0.3, -0.25) is 0 Å². The first kappa shape index (κ1) is 8.40. The lowest BCUT2D eigenvalue weighted by Crippen LogP contribution is -1.89. The molecular weight excluding hydrogens is 191 g/mol. The van der Waals surface area contributed by atoms with Crippen LogP contribution in [0.3, 0.4) is 0 Å². The van der Waals surface area contributed by atoms with Gasteiger partial charge in [-0.2, -0.15) is 0 Å². The van der Waals surface area contributed by atoms with E-state index in [0.29, 0.717) is 5.92 Å². The zero-order valence-corrected chi connectivity index (χ0v) is 8.07. The van der Waals surface area contributed by atoms with E-state index < -0.39 is 4.33 Å². The maximum absolute atomic E-state index is 5.93. The van der Waals surface area contributed by atoms with Crippen LogP contribution in [0.4, 0.5) is 0 Å². The molecule has 1 saturated carbocycles. The van der Waals surface area contributed by atoms with Crippen LogP contribution in [0.1, 0.15) is 23.5 Å². The Bertz CT molecular complexity index is 287. The monoisotopic (exact) mass is 199 g/mol. The summed E-state index contributed by atoms with van der Waals surface area (Å²) in [4.78, 5) is 0. The normalized spacial score (nSPS) is 25.4. The molecule has 2 heteroatoms. The molecule has 0 spiro atoms. The molecule has 0 aliphatic heterocycles. The highest BCUT2D eigenvalue weighted by Gasteiger charge is 2.52. The molecular formula is C10H9Cl2. The van der Waals surface area contributed by atoms with Crippen molar-refractivity contribution in [1.82, 2.24) is 0 Å². The second-order valence-electron chi connectivity index (χ2n) is 3.26. The van der Waals surface area contributed by atoms with E-state index in [9.17, 15) is 0 Å². The standard InChI is InChI=1S/C10H9Cl2/c1-7-2-4-8(5-3-7)9-6-10(9,11)12/h2-5,9H,1,6H2. The highest BCUT2D eigenvalue weighted by Crippen LogP contribution is 2.59. The summed E-state index contributed by atoms with van der Waals surface area (Å²) in [7, 11) is 0. The number of alkyl halides is 2. The lowest BCUT2D eigenvalue weighted by molar-refractivity contribution is 1.10. The van der Waals surface area contributed by atoms with Gasteiger partial charge in [-0.1, -0.05) is 24.3 Å². The van der Waals surface area contributed by atoms with E-state index >= 15 is 0 Å². The topological polar surface area (TPSA) is 0 Å². The molecule has 2 rings (SSSR count). The van der Waals surface area contributed by atoms with E-state index in [1.54, 1.807) is 0 Å². The molecule has 0 nitrogen and oxygen atoms in total. The summed E-state index contributed by atoms with van der Waals surface area (Å²) in [6, 6.07) is 8.05. The largest absolute Gasteiger partial charge is 0.125 e. The van der Waals surface area contributed by atoms with Crippen molar-refractivity contribution in [2.24, 2.45) is 0 Å². The van der Waals surface area contributed by atoms with Crippen LogP contribution < -0.4 is 0 Å². The molecule has 1 atom stereocenters. The van der Waals surface area contributed by atoms with E-state index in [1.165, 1.54) is 5.56 Å². The summed E-state index contributed by atoms with van der Waals surface area (Å²) in [6.45, 7) is 3.81. The molecule has 0 saturated heterocycles. The molecule has 1 radical (unpaired) electrons. The van der Waals surface area contributed by atoms with Crippen LogP contribution >= 0.6 is 23.2 Å². The molecule has 1 unspecified atom stereocenters. The minimum Gasteiger partial charge on any atom is -0.101 e. The van der Waals surface area contributed by atoms with E-state index in [-0.39, 0.29) is 0 Å². The van der Waals surface area contributed by atoms with Crippen molar-refractivity contribution < 1.29 is 0 Å². The second-order valence-corrected chi connectivity index (χ2v) is 4.80. The molecule has 0 aromatic heterocycles. The third-order valence-corrected chi connectivity index (χ3v) is 3.04. The summed E-state index contributed by atoms with van der Waals surface area (Å²) in [5.74, 6) is 0.321. The van der Waals surface area contributed by atoms with Crippen molar-refractivity contribution >= 4 is 23.2 Å². The third kappa shape index (κ3) is 1.46. The number of hydrogen-bond acceptors (Lipinski definition) is 0. The number of hydrogen-bond donors (Lipinski definition) is 0. The van der Waals surface area contributed by atoms with Gasteiger partial charge >= 0.3 is 0 Å². The quantitative estimate of drug-likeness (QED) is 0.608. The smallest absolute Gasteiger partial charge is 0.101 e. The predicted octanol–water partition coefficient (Wildman–Crippen LogP) is 3.53. The van der Waals surface area contributed by atoms with Gasteiger partial charge in [0, 0.05) is 5.92 Å². The molecule has 1 aliphatic rings. The Balaban J connectivity index is 2.21. The minimum absolute atomic E-state index is 0.321. The second kappa shape index (κ2) is 2.65. The molecule has 63 valence electrons. The van der Waals surface area contributed by atoms with Crippen LogP contribution in [0.15, 0.2) is 24.3 Å². The first-order valence-corrected chi connectivity index (χ1v) is 4.65. The van der Waals surface area contributed by atoms with Crippen molar-refractivity contribution in [3.63, 3.8) is 0 Å². The van der Waals surface area contributed by atoms with Crippen LogP contribution in [0, 0.1) is 6.92 Å². The van der Waals surface area contributed by atoms with Crippen molar-refractivity contribution in [3.05, 3.63) is 42.3 Å². The fourth-order valence-corrected chi connectivity index (χ4v) is 1.89.